The molecule has 0 aliphatic heterocycles. The van der Waals surface area contributed by atoms with Crippen LogP contribution in [0.5, 0.6) is 0 Å². The zero-order valence-corrected chi connectivity index (χ0v) is 13.0. The zero-order chi connectivity index (χ0) is 11.7. The molecule has 0 N–H and O–H groups in total. The molecular formula is C12H25S3. The fourth-order valence-corrected chi connectivity index (χ4v) is 3.96. The maximum atomic E-state index is 4.41. The van der Waals surface area contributed by atoms with Crippen molar-refractivity contribution in [3.05, 3.63) is 6.92 Å². The third-order valence-electron chi connectivity index (χ3n) is 2.84. The van der Waals surface area contributed by atoms with Crippen molar-refractivity contribution >= 4 is 35.3 Å². The van der Waals surface area contributed by atoms with E-state index in [1.54, 1.807) is 0 Å². The van der Waals surface area contributed by atoms with E-state index in [1.165, 1.54) is 30.8 Å². The Balaban J connectivity index is 3.78. The largest absolute Gasteiger partial charge is 0.162 e. The van der Waals surface area contributed by atoms with Gasteiger partial charge in [-0.1, -0.05) is 20.3 Å². The van der Waals surface area contributed by atoms with Gasteiger partial charge in [0.05, 0.1) is 0 Å². The van der Waals surface area contributed by atoms with E-state index in [4.69, 9.17) is 0 Å². The summed E-state index contributed by atoms with van der Waals surface area (Å²) in [6.07, 6.45) is 8.30. The van der Waals surface area contributed by atoms with Gasteiger partial charge in [-0.3, -0.25) is 0 Å². The van der Waals surface area contributed by atoms with Crippen LogP contribution in [0.2, 0.25) is 0 Å². The molecule has 0 amide bonds. The normalized spacial score (nSPS) is 17.4. The molecule has 91 valence electrons. The van der Waals surface area contributed by atoms with Gasteiger partial charge in [-0.15, -0.1) is 0 Å². The molecule has 0 aliphatic carbocycles. The molecule has 1 radical (unpaired) electrons. The van der Waals surface area contributed by atoms with Gasteiger partial charge >= 0.3 is 0 Å². The highest BCUT2D eigenvalue weighted by Gasteiger charge is 2.29. The molecule has 0 spiro atoms. The Morgan fingerprint density at radius 1 is 1.27 bits per heavy atom. The average Bonchev–Trinajstić information content (AvgIpc) is 2.27. The highest BCUT2D eigenvalue weighted by molar-refractivity contribution is 8.03. The SMILES string of the molecule is [CH2]C(CCCCSCC)(SC)C(C)SC. The Bertz CT molecular complexity index is 150. The van der Waals surface area contributed by atoms with Gasteiger partial charge < -0.3 is 0 Å². The third-order valence-corrected chi connectivity index (χ3v) is 6.51. The summed E-state index contributed by atoms with van der Waals surface area (Å²) in [6.45, 7) is 8.94. The number of thioether (sulfide) groups is 3. The molecule has 0 aliphatic rings. The standard InChI is InChI=1S/C12H25S3/c1-6-15-10-8-7-9-12(3,14-5)11(2)13-4/h11H,3,6-10H2,1-2,4-5H3. The first-order valence-corrected chi connectivity index (χ1v) is 9.28. The minimum atomic E-state index is 0.219. The predicted octanol–water partition coefficient (Wildman–Crippen LogP) is 4.60. The highest BCUT2D eigenvalue weighted by Crippen LogP contribution is 2.37. The van der Waals surface area contributed by atoms with Gasteiger partial charge in [-0.25, -0.2) is 0 Å². The van der Waals surface area contributed by atoms with Crippen LogP contribution < -0.4 is 0 Å². The summed E-state index contributed by atoms with van der Waals surface area (Å²) in [6, 6.07) is 0. The van der Waals surface area contributed by atoms with Gasteiger partial charge in [-0.2, -0.15) is 35.3 Å². The predicted molar refractivity (Wildman–Crippen MR) is 81.4 cm³/mol. The van der Waals surface area contributed by atoms with E-state index in [2.05, 4.69) is 33.3 Å². The molecule has 2 atom stereocenters. The van der Waals surface area contributed by atoms with Crippen LogP contribution in [-0.4, -0.2) is 34.0 Å². The summed E-state index contributed by atoms with van der Waals surface area (Å²) in [7, 11) is 0. The monoisotopic (exact) mass is 265 g/mol. The van der Waals surface area contributed by atoms with Crippen LogP contribution in [0, 0.1) is 6.92 Å². The first-order chi connectivity index (χ1) is 7.10. The van der Waals surface area contributed by atoms with E-state index < -0.39 is 0 Å². The Morgan fingerprint density at radius 3 is 2.40 bits per heavy atom. The third kappa shape index (κ3) is 6.38. The first-order valence-electron chi connectivity index (χ1n) is 5.61. The number of hydrogen-bond acceptors (Lipinski definition) is 3. The summed E-state index contributed by atoms with van der Waals surface area (Å²) in [5.41, 5.74) is 0. The van der Waals surface area contributed by atoms with Gasteiger partial charge in [0, 0.05) is 10.00 Å². The van der Waals surface area contributed by atoms with Gasteiger partial charge in [0.1, 0.15) is 0 Å². The van der Waals surface area contributed by atoms with Gasteiger partial charge in [0.15, 0.2) is 0 Å². The number of hydrogen-bond donors (Lipinski definition) is 0. The topological polar surface area (TPSA) is 0 Å². The Hall–Kier alpha value is 1.05. The van der Waals surface area contributed by atoms with Crippen molar-refractivity contribution in [2.45, 2.75) is 43.1 Å². The van der Waals surface area contributed by atoms with E-state index in [1.807, 2.05) is 35.3 Å². The van der Waals surface area contributed by atoms with Gasteiger partial charge in [0.25, 0.3) is 0 Å². The van der Waals surface area contributed by atoms with E-state index in [9.17, 15) is 0 Å². The average molecular weight is 266 g/mol. The molecule has 0 heterocycles. The first kappa shape index (κ1) is 16.1. The molecule has 0 aromatic carbocycles. The van der Waals surface area contributed by atoms with Crippen LogP contribution in [0.25, 0.3) is 0 Å². The molecule has 2 unspecified atom stereocenters. The molecule has 0 nitrogen and oxygen atoms in total. The Labute approximate surface area is 109 Å². The maximum absolute atomic E-state index is 4.41. The van der Waals surface area contributed by atoms with Crippen molar-refractivity contribution in [1.82, 2.24) is 0 Å². The van der Waals surface area contributed by atoms with Crippen molar-refractivity contribution in [2.75, 3.05) is 24.0 Å². The van der Waals surface area contributed by atoms with Crippen LogP contribution in [0.1, 0.15) is 33.1 Å². The lowest BCUT2D eigenvalue weighted by Gasteiger charge is -2.33. The molecule has 0 fully saturated rings. The minimum absolute atomic E-state index is 0.219. The van der Waals surface area contributed by atoms with E-state index >= 15 is 0 Å². The molecule has 0 saturated carbocycles. The van der Waals surface area contributed by atoms with Crippen LogP contribution in [0.3, 0.4) is 0 Å². The lowest BCUT2D eigenvalue weighted by atomic mass is 10.0. The summed E-state index contributed by atoms with van der Waals surface area (Å²) < 4.78 is 0.219. The molecule has 0 aromatic heterocycles. The lowest BCUT2D eigenvalue weighted by molar-refractivity contribution is 0.593. The fourth-order valence-electron chi connectivity index (χ4n) is 1.46. The lowest BCUT2D eigenvalue weighted by Crippen LogP contribution is -2.31. The van der Waals surface area contributed by atoms with Crippen molar-refractivity contribution in [3.8, 4) is 0 Å². The van der Waals surface area contributed by atoms with Crippen LogP contribution in [0.4, 0.5) is 0 Å². The van der Waals surface area contributed by atoms with Crippen LogP contribution in [-0.2, 0) is 0 Å². The van der Waals surface area contributed by atoms with Gasteiger partial charge in [0.2, 0.25) is 0 Å². The highest BCUT2D eigenvalue weighted by atomic mass is 32.2. The van der Waals surface area contributed by atoms with E-state index in [0.29, 0.717) is 5.25 Å². The van der Waals surface area contributed by atoms with Gasteiger partial charge in [-0.05, 0) is 43.8 Å². The van der Waals surface area contributed by atoms with Crippen molar-refractivity contribution in [1.29, 1.82) is 0 Å². The molecule has 0 saturated heterocycles. The molecule has 0 rings (SSSR count). The molecular weight excluding hydrogens is 240 g/mol. The summed E-state index contributed by atoms with van der Waals surface area (Å²) in [5, 5.41) is 0.645. The van der Waals surface area contributed by atoms with Crippen LogP contribution in [0.15, 0.2) is 0 Å². The molecule has 15 heavy (non-hydrogen) atoms. The smallest absolute Gasteiger partial charge is 0.0273 e. The summed E-state index contributed by atoms with van der Waals surface area (Å²) in [5.74, 6) is 2.56. The van der Waals surface area contributed by atoms with E-state index in [-0.39, 0.29) is 4.75 Å². The van der Waals surface area contributed by atoms with Crippen molar-refractivity contribution < 1.29 is 0 Å². The maximum Gasteiger partial charge on any atom is 0.0273 e. The second kappa shape index (κ2) is 9.12. The van der Waals surface area contributed by atoms with Crippen LogP contribution >= 0.6 is 35.3 Å². The fraction of sp³-hybridized carbons (Fsp3) is 0.917. The second-order valence-electron chi connectivity index (χ2n) is 3.80. The zero-order valence-electron chi connectivity index (χ0n) is 10.5. The summed E-state index contributed by atoms with van der Waals surface area (Å²) >= 11 is 5.91. The molecule has 0 bridgehead atoms. The second-order valence-corrected chi connectivity index (χ2v) is 7.59. The van der Waals surface area contributed by atoms with E-state index in [0.717, 1.165) is 0 Å². The number of unbranched alkanes of at least 4 members (excludes halogenated alkanes) is 1. The Morgan fingerprint density at radius 2 is 1.93 bits per heavy atom. The quantitative estimate of drug-likeness (QED) is 0.559. The Kier molecular flexibility index (Phi) is 9.76. The molecule has 3 heteroatoms. The summed E-state index contributed by atoms with van der Waals surface area (Å²) in [4.78, 5) is 0. The molecule has 0 aromatic rings. The minimum Gasteiger partial charge on any atom is -0.162 e. The number of rotatable bonds is 9. The van der Waals surface area contributed by atoms with Crippen molar-refractivity contribution in [3.63, 3.8) is 0 Å². The van der Waals surface area contributed by atoms with Crippen molar-refractivity contribution in [2.24, 2.45) is 0 Å².